The zero-order chi connectivity index (χ0) is 14.5. The first-order valence-electron chi connectivity index (χ1n) is 4.97. The predicted octanol–water partition coefficient (Wildman–Crippen LogP) is -2.04. The highest BCUT2D eigenvalue weighted by molar-refractivity contribution is 7.90. The van der Waals surface area contributed by atoms with E-state index in [2.05, 4.69) is 19.8 Å². The molecule has 1 rings (SSSR count). The number of ether oxygens (including phenoxy) is 1. The van der Waals surface area contributed by atoms with Crippen LogP contribution in [0.15, 0.2) is 6.20 Å². The highest BCUT2D eigenvalue weighted by Gasteiger charge is 2.17. The summed E-state index contributed by atoms with van der Waals surface area (Å²) in [6, 6.07) is 0. The Kier molecular flexibility index (Phi) is 4.94. The molecule has 0 saturated heterocycles. The molecule has 0 aromatic carbocycles. The zero-order valence-corrected chi connectivity index (χ0v) is 10.8. The van der Waals surface area contributed by atoms with Gasteiger partial charge in [-0.15, -0.1) is 5.10 Å². The summed E-state index contributed by atoms with van der Waals surface area (Å²) in [6.45, 7) is -0.569. The van der Waals surface area contributed by atoms with E-state index >= 15 is 0 Å². The van der Waals surface area contributed by atoms with Crippen molar-refractivity contribution in [2.45, 2.75) is 13.1 Å². The first-order chi connectivity index (χ1) is 8.82. The van der Waals surface area contributed by atoms with Crippen LogP contribution in [0, 0.1) is 0 Å². The Hall–Kier alpha value is -2.01. The van der Waals surface area contributed by atoms with Crippen molar-refractivity contribution in [3.8, 4) is 0 Å². The van der Waals surface area contributed by atoms with Crippen molar-refractivity contribution in [2.24, 2.45) is 0 Å². The molecule has 11 heteroatoms. The van der Waals surface area contributed by atoms with Crippen LogP contribution in [0.1, 0.15) is 5.69 Å². The molecule has 0 amide bonds. The summed E-state index contributed by atoms with van der Waals surface area (Å²) >= 11 is 0. The summed E-state index contributed by atoms with van der Waals surface area (Å²) in [5.41, 5.74) is 0.231. The van der Waals surface area contributed by atoms with Crippen molar-refractivity contribution < 1.29 is 27.9 Å². The number of aromatic nitrogens is 3. The van der Waals surface area contributed by atoms with Gasteiger partial charge in [-0.05, 0) is 0 Å². The van der Waals surface area contributed by atoms with Gasteiger partial charge < -0.3 is 9.84 Å². The number of carboxylic acids is 1. The van der Waals surface area contributed by atoms with E-state index in [1.807, 2.05) is 0 Å². The topological polar surface area (TPSA) is 140 Å². The number of methoxy groups -OCH3 is 1. The first kappa shape index (κ1) is 15.0. The fraction of sp³-hybridized carbons (Fsp3) is 0.500. The Morgan fingerprint density at radius 2 is 2.21 bits per heavy atom. The first-order valence-corrected chi connectivity index (χ1v) is 6.62. The van der Waals surface area contributed by atoms with Gasteiger partial charge in [0.15, 0.2) is 5.75 Å². The molecule has 0 aliphatic heterocycles. The van der Waals surface area contributed by atoms with Gasteiger partial charge in [-0.1, -0.05) is 5.21 Å². The molecule has 1 aromatic heterocycles. The SMILES string of the molecule is COC(=O)CS(=O)(=O)NCc1cn(CC(=O)O)nn1. The second-order valence-corrected chi connectivity index (χ2v) is 5.26. The molecule has 0 aliphatic carbocycles. The van der Waals surface area contributed by atoms with E-state index in [0.717, 1.165) is 11.8 Å². The summed E-state index contributed by atoms with van der Waals surface area (Å²) in [7, 11) is -2.74. The Morgan fingerprint density at radius 1 is 1.53 bits per heavy atom. The number of nitrogens with one attached hydrogen (secondary N) is 1. The van der Waals surface area contributed by atoms with Crippen molar-refractivity contribution in [1.29, 1.82) is 0 Å². The van der Waals surface area contributed by atoms with E-state index in [4.69, 9.17) is 5.11 Å². The van der Waals surface area contributed by atoms with E-state index in [9.17, 15) is 18.0 Å². The number of sulfonamides is 1. The molecule has 1 aromatic rings. The standard InChI is InChI=1S/C8H12N4O6S/c1-18-8(15)5-19(16,17)9-2-6-3-12(11-10-6)4-7(13)14/h3,9H,2,4-5H2,1H3,(H,13,14). The van der Waals surface area contributed by atoms with Crippen LogP contribution in [0.4, 0.5) is 0 Å². The lowest BCUT2D eigenvalue weighted by Gasteiger charge is -2.03. The predicted molar refractivity (Wildman–Crippen MR) is 60.3 cm³/mol. The molecule has 0 spiro atoms. The Bertz CT molecular complexity index is 566. The number of carboxylic acid groups (broad SMARTS) is 1. The Morgan fingerprint density at radius 3 is 2.79 bits per heavy atom. The van der Waals surface area contributed by atoms with Gasteiger partial charge in [0.25, 0.3) is 0 Å². The molecule has 2 N–H and O–H groups in total. The van der Waals surface area contributed by atoms with E-state index in [-0.39, 0.29) is 18.8 Å². The molecule has 0 fully saturated rings. The number of aliphatic carboxylic acids is 1. The summed E-state index contributed by atoms with van der Waals surface area (Å²) in [5, 5.41) is 15.6. The smallest absolute Gasteiger partial charge is 0.325 e. The molecule has 10 nitrogen and oxygen atoms in total. The lowest BCUT2D eigenvalue weighted by molar-refractivity contribution is -0.138. The quantitative estimate of drug-likeness (QED) is 0.547. The molecule has 106 valence electrons. The van der Waals surface area contributed by atoms with E-state index in [0.29, 0.717) is 0 Å². The van der Waals surface area contributed by atoms with Gasteiger partial charge in [-0.2, -0.15) is 0 Å². The monoisotopic (exact) mass is 292 g/mol. The van der Waals surface area contributed by atoms with Crippen molar-refractivity contribution in [2.75, 3.05) is 12.9 Å². The average Bonchev–Trinajstić information content (AvgIpc) is 2.73. The summed E-state index contributed by atoms with van der Waals surface area (Å²) in [4.78, 5) is 21.2. The largest absolute Gasteiger partial charge is 0.480 e. The van der Waals surface area contributed by atoms with Gasteiger partial charge in [0.05, 0.1) is 25.5 Å². The summed E-state index contributed by atoms with van der Waals surface area (Å²) in [5.74, 6) is -2.78. The van der Waals surface area contributed by atoms with Crippen molar-refractivity contribution in [3.63, 3.8) is 0 Å². The van der Waals surface area contributed by atoms with Crippen LogP contribution in [0.2, 0.25) is 0 Å². The molecular formula is C8H12N4O6S. The van der Waals surface area contributed by atoms with Crippen molar-refractivity contribution in [3.05, 3.63) is 11.9 Å². The van der Waals surface area contributed by atoms with Gasteiger partial charge in [0, 0.05) is 0 Å². The van der Waals surface area contributed by atoms with E-state index < -0.39 is 27.7 Å². The number of carbonyl (C=O) groups is 2. The lowest BCUT2D eigenvalue weighted by Crippen LogP contribution is -2.30. The third-order valence-corrected chi connectivity index (χ3v) is 3.09. The number of hydrogen-bond donors (Lipinski definition) is 2. The van der Waals surface area contributed by atoms with Crippen LogP contribution >= 0.6 is 0 Å². The maximum atomic E-state index is 11.4. The van der Waals surface area contributed by atoms with Crippen LogP contribution < -0.4 is 4.72 Å². The summed E-state index contributed by atoms with van der Waals surface area (Å²) in [6.07, 6.45) is 1.29. The fourth-order valence-corrected chi connectivity index (χ4v) is 1.98. The molecule has 0 radical (unpaired) electrons. The van der Waals surface area contributed by atoms with Crippen LogP contribution in [0.25, 0.3) is 0 Å². The van der Waals surface area contributed by atoms with Crippen LogP contribution in [-0.4, -0.2) is 53.3 Å². The molecule has 19 heavy (non-hydrogen) atoms. The molecule has 0 atom stereocenters. The lowest BCUT2D eigenvalue weighted by atomic mass is 10.5. The fourth-order valence-electron chi connectivity index (χ4n) is 1.08. The molecule has 0 bridgehead atoms. The number of rotatable bonds is 7. The van der Waals surface area contributed by atoms with Crippen LogP contribution in [-0.2, 0) is 37.4 Å². The minimum absolute atomic E-state index is 0.195. The number of carbonyl (C=O) groups excluding carboxylic acids is 1. The molecular weight excluding hydrogens is 280 g/mol. The van der Waals surface area contributed by atoms with Crippen LogP contribution in [0.3, 0.4) is 0 Å². The average molecular weight is 292 g/mol. The van der Waals surface area contributed by atoms with Gasteiger partial charge in [0.2, 0.25) is 10.0 Å². The number of esters is 1. The highest BCUT2D eigenvalue weighted by Crippen LogP contribution is 1.95. The highest BCUT2D eigenvalue weighted by atomic mass is 32.2. The maximum absolute atomic E-state index is 11.4. The molecule has 0 saturated carbocycles. The molecule has 0 unspecified atom stereocenters. The maximum Gasteiger partial charge on any atom is 0.325 e. The third-order valence-electron chi connectivity index (χ3n) is 1.89. The second kappa shape index (κ2) is 6.24. The van der Waals surface area contributed by atoms with Crippen molar-refractivity contribution >= 4 is 22.0 Å². The van der Waals surface area contributed by atoms with Crippen LogP contribution in [0.5, 0.6) is 0 Å². The molecule has 1 heterocycles. The van der Waals surface area contributed by atoms with Gasteiger partial charge in [-0.25, -0.2) is 17.8 Å². The van der Waals surface area contributed by atoms with Gasteiger partial charge in [0.1, 0.15) is 6.54 Å². The van der Waals surface area contributed by atoms with Gasteiger partial charge in [-0.3, -0.25) is 9.59 Å². The number of hydrogen-bond acceptors (Lipinski definition) is 7. The Labute approximate surface area is 108 Å². The van der Waals surface area contributed by atoms with Crippen molar-refractivity contribution in [1.82, 2.24) is 19.7 Å². The van der Waals surface area contributed by atoms with E-state index in [1.165, 1.54) is 6.20 Å². The summed E-state index contributed by atoms with van der Waals surface area (Å²) < 4.78 is 30.2. The van der Waals surface area contributed by atoms with Gasteiger partial charge >= 0.3 is 11.9 Å². The minimum Gasteiger partial charge on any atom is -0.480 e. The van der Waals surface area contributed by atoms with E-state index in [1.54, 1.807) is 0 Å². The normalized spacial score (nSPS) is 11.2. The number of nitrogens with zero attached hydrogens (tertiary/aromatic N) is 3. The minimum atomic E-state index is -3.82. The zero-order valence-electron chi connectivity index (χ0n) is 9.94. The second-order valence-electron chi connectivity index (χ2n) is 3.46. The Balaban J connectivity index is 2.54. The third kappa shape index (κ3) is 5.44. The molecule has 0 aliphatic rings.